The maximum Gasteiger partial charge on any atom is 0.170 e. The normalized spacial score (nSPS) is 29.7. The van der Waals surface area contributed by atoms with E-state index in [9.17, 15) is 13.0 Å². The van der Waals surface area contributed by atoms with E-state index in [1.165, 1.54) is 0 Å². The van der Waals surface area contributed by atoms with Gasteiger partial charge in [0.25, 0.3) is 0 Å². The molecule has 1 aromatic rings. The predicted molar refractivity (Wildman–Crippen MR) is 89.9 cm³/mol. The summed E-state index contributed by atoms with van der Waals surface area (Å²) in [5.41, 5.74) is 1.61. The number of hydrogen-bond acceptors (Lipinski definition) is 6. The SMILES string of the molecule is O=S(=O)([O-])NCc1ccc2c(c1)C1CCCCC1(N1CCOCC1)O2. The van der Waals surface area contributed by atoms with Crippen LogP contribution in [0.5, 0.6) is 5.75 Å². The van der Waals surface area contributed by atoms with Crippen molar-refractivity contribution in [2.75, 3.05) is 26.3 Å². The zero-order chi connectivity index (χ0) is 17.5. The van der Waals surface area contributed by atoms with Crippen LogP contribution in [-0.4, -0.2) is 49.9 Å². The van der Waals surface area contributed by atoms with Crippen LogP contribution in [0.2, 0.25) is 0 Å². The van der Waals surface area contributed by atoms with E-state index in [4.69, 9.17) is 9.47 Å². The van der Waals surface area contributed by atoms with Gasteiger partial charge in [0.1, 0.15) is 5.75 Å². The zero-order valence-corrected chi connectivity index (χ0v) is 14.9. The number of fused-ring (bicyclic) bond motifs is 3. The Morgan fingerprint density at radius 2 is 2.08 bits per heavy atom. The minimum atomic E-state index is -4.44. The van der Waals surface area contributed by atoms with Gasteiger partial charge in [0.15, 0.2) is 16.0 Å². The molecule has 1 saturated carbocycles. The summed E-state index contributed by atoms with van der Waals surface area (Å²) in [7, 11) is -4.44. The van der Waals surface area contributed by atoms with Crippen LogP contribution in [0.3, 0.4) is 0 Å². The van der Waals surface area contributed by atoms with Crippen LogP contribution in [0.15, 0.2) is 18.2 Å². The van der Waals surface area contributed by atoms with Crippen LogP contribution in [0.4, 0.5) is 0 Å². The molecule has 2 aliphatic heterocycles. The van der Waals surface area contributed by atoms with Crippen molar-refractivity contribution in [3.8, 4) is 5.75 Å². The number of nitrogens with zero attached hydrogens (tertiary/aromatic N) is 1. The van der Waals surface area contributed by atoms with Gasteiger partial charge in [0, 0.05) is 37.5 Å². The van der Waals surface area contributed by atoms with Gasteiger partial charge in [-0.25, -0.2) is 13.1 Å². The minimum absolute atomic E-state index is 0.0103. The van der Waals surface area contributed by atoms with E-state index in [1.54, 1.807) is 0 Å². The number of nitrogens with one attached hydrogen (secondary N) is 1. The molecule has 0 bridgehead atoms. The Labute approximate surface area is 148 Å². The summed E-state index contributed by atoms with van der Waals surface area (Å²) in [5.74, 6) is 1.16. The molecule has 0 amide bonds. The summed E-state index contributed by atoms with van der Waals surface area (Å²) >= 11 is 0. The molecule has 0 aromatic heterocycles. The van der Waals surface area contributed by atoms with E-state index in [1.807, 2.05) is 22.9 Å². The molecule has 0 spiro atoms. The number of morpholine rings is 1. The first kappa shape index (κ1) is 17.2. The molecular formula is C17H23N2O5S-. The summed E-state index contributed by atoms with van der Waals surface area (Å²) in [6.45, 7) is 3.20. The van der Waals surface area contributed by atoms with E-state index >= 15 is 0 Å². The lowest BCUT2D eigenvalue weighted by atomic mass is 9.77. The molecule has 2 fully saturated rings. The van der Waals surface area contributed by atoms with Crippen molar-refractivity contribution < 1.29 is 22.4 Å². The summed E-state index contributed by atoms with van der Waals surface area (Å²) in [6, 6.07) is 5.72. The highest BCUT2D eigenvalue weighted by Crippen LogP contribution is 2.54. The van der Waals surface area contributed by atoms with Crippen molar-refractivity contribution in [1.29, 1.82) is 0 Å². The maximum atomic E-state index is 10.8. The number of benzene rings is 1. The van der Waals surface area contributed by atoms with Crippen LogP contribution >= 0.6 is 0 Å². The second-order valence-electron chi connectivity index (χ2n) is 6.99. The van der Waals surface area contributed by atoms with Crippen molar-refractivity contribution in [3.63, 3.8) is 0 Å². The summed E-state index contributed by atoms with van der Waals surface area (Å²) in [6.07, 6.45) is 4.36. The Balaban J connectivity index is 1.62. The van der Waals surface area contributed by atoms with Crippen molar-refractivity contribution in [1.82, 2.24) is 9.62 Å². The van der Waals surface area contributed by atoms with Gasteiger partial charge in [-0.3, -0.25) is 4.90 Å². The Bertz CT molecular complexity index is 747. The summed E-state index contributed by atoms with van der Waals surface area (Å²) in [5, 5.41) is 0. The molecule has 138 valence electrons. The van der Waals surface area contributed by atoms with Gasteiger partial charge in [-0.2, -0.15) is 0 Å². The molecule has 3 aliphatic rings. The first-order valence-electron chi connectivity index (χ1n) is 8.83. The van der Waals surface area contributed by atoms with Crippen molar-refractivity contribution >= 4 is 10.3 Å². The third kappa shape index (κ3) is 3.29. The lowest BCUT2D eigenvalue weighted by Gasteiger charge is -2.47. The molecule has 1 aliphatic carbocycles. The molecule has 4 rings (SSSR count). The fourth-order valence-corrected chi connectivity index (χ4v) is 4.81. The molecule has 2 heterocycles. The summed E-state index contributed by atoms with van der Waals surface area (Å²) < 4.78 is 46.5. The van der Waals surface area contributed by atoms with Gasteiger partial charge in [-0.15, -0.1) is 0 Å². The predicted octanol–water partition coefficient (Wildman–Crippen LogP) is 1.31. The highest BCUT2D eigenvalue weighted by atomic mass is 32.2. The van der Waals surface area contributed by atoms with Crippen LogP contribution in [0.1, 0.15) is 42.7 Å². The monoisotopic (exact) mass is 367 g/mol. The summed E-state index contributed by atoms with van der Waals surface area (Å²) in [4.78, 5) is 2.42. The molecule has 2 atom stereocenters. The molecule has 1 N–H and O–H groups in total. The molecular weight excluding hydrogens is 344 g/mol. The second kappa shape index (κ2) is 6.51. The molecule has 25 heavy (non-hydrogen) atoms. The Kier molecular flexibility index (Phi) is 4.49. The topological polar surface area (TPSA) is 90.9 Å². The van der Waals surface area contributed by atoms with E-state index in [0.717, 1.165) is 68.9 Å². The van der Waals surface area contributed by atoms with E-state index in [-0.39, 0.29) is 18.2 Å². The molecule has 8 heteroatoms. The number of ether oxygens (including phenoxy) is 2. The van der Waals surface area contributed by atoms with Gasteiger partial charge >= 0.3 is 0 Å². The third-order valence-corrected chi connectivity index (χ3v) is 6.06. The average molecular weight is 367 g/mol. The Morgan fingerprint density at radius 3 is 2.84 bits per heavy atom. The molecule has 0 radical (unpaired) electrons. The van der Waals surface area contributed by atoms with Gasteiger partial charge in [0.2, 0.25) is 0 Å². The third-order valence-electron chi connectivity index (χ3n) is 5.56. The van der Waals surface area contributed by atoms with Crippen LogP contribution < -0.4 is 9.46 Å². The molecule has 1 aromatic carbocycles. The van der Waals surface area contributed by atoms with Crippen molar-refractivity contribution in [2.45, 2.75) is 43.9 Å². The Hall–Kier alpha value is -1.19. The fraction of sp³-hybridized carbons (Fsp3) is 0.647. The van der Waals surface area contributed by atoms with Gasteiger partial charge in [-0.05, 0) is 24.5 Å². The molecule has 1 saturated heterocycles. The molecule has 2 unspecified atom stereocenters. The average Bonchev–Trinajstić information content (AvgIpc) is 2.95. The van der Waals surface area contributed by atoms with Crippen LogP contribution in [0, 0.1) is 0 Å². The molecule has 7 nitrogen and oxygen atoms in total. The first-order valence-corrected chi connectivity index (χ1v) is 10.2. The van der Waals surface area contributed by atoms with Gasteiger partial charge in [0.05, 0.1) is 13.2 Å². The van der Waals surface area contributed by atoms with Crippen molar-refractivity contribution in [2.24, 2.45) is 0 Å². The smallest absolute Gasteiger partial charge is 0.170 e. The minimum Gasteiger partial charge on any atom is -0.735 e. The van der Waals surface area contributed by atoms with Crippen LogP contribution in [0.25, 0.3) is 0 Å². The van der Waals surface area contributed by atoms with Gasteiger partial charge in [-0.1, -0.05) is 18.6 Å². The lowest BCUT2D eigenvalue weighted by Crippen LogP contribution is -2.59. The van der Waals surface area contributed by atoms with Crippen molar-refractivity contribution in [3.05, 3.63) is 29.3 Å². The quantitative estimate of drug-likeness (QED) is 0.807. The lowest BCUT2D eigenvalue weighted by molar-refractivity contribution is -0.139. The zero-order valence-electron chi connectivity index (χ0n) is 14.1. The number of hydrogen-bond donors (Lipinski definition) is 1. The fourth-order valence-electron chi connectivity index (χ4n) is 4.47. The highest BCUT2D eigenvalue weighted by molar-refractivity contribution is 7.83. The largest absolute Gasteiger partial charge is 0.735 e. The maximum absolute atomic E-state index is 10.8. The first-order chi connectivity index (χ1) is 12.0. The van der Waals surface area contributed by atoms with E-state index < -0.39 is 10.3 Å². The van der Waals surface area contributed by atoms with Gasteiger partial charge < -0.3 is 14.0 Å². The van der Waals surface area contributed by atoms with E-state index in [2.05, 4.69) is 4.90 Å². The second-order valence-corrected chi connectivity index (χ2v) is 8.19. The van der Waals surface area contributed by atoms with Crippen LogP contribution in [-0.2, 0) is 21.6 Å². The highest BCUT2D eigenvalue weighted by Gasteiger charge is 2.53. The van der Waals surface area contributed by atoms with E-state index in [0.29, 0.717) is 0 Å². The Morgan fingerprint density at radius 1 is 1.28 bits per heavy atom. The standard InChI is InChI=1S/C17H24N2O5S/c20-25(21,22)18-12-13-4-5-16-14(11-13)15-3-1-2-6-17(15,24-16)19-7-9-23-10-8-19/h4-5,11,15,18H,1-3,6-10,12H2,(H,20,21,22)/p-1. The number of rotatable bonds is 4.